The van der Waals surface area contributed by atoms with Crippen LogP contribution in [0.1, 0.15) is 40.0 Å². The molecule has 0 aliphatic heterocycles. The van der Waals surface area contributed by atoms with Crippen molar-refractivity contribution in [1.29, 1.82) is 0 Å². The quantitative estimate of drug-likeness (QED) is 0.755. The van der Waals surface area contributed by atoms with Crippen molar-refractivity contribution in [1.82, 2.24) is 5.32 Å². The molecule has 0 amide bonds. The lowest BCUT2D eigenvalue weighted by Crippen LogP contribution is -2.36. The van der Waals surface area contributed by atoms with E-state index in [9.17, 15) is 4.39 Å². The van der Waals surface area contributed by atoms with Crippen LogP contribution in [0.25, 0.3) is 0 Å². The molecule has 3 heteroatoms. The van der Waals surface area contributed by atoms with E-state index in [1.165, 1.54) is 31.4 Å². The molecule has 0 radical (unpaired) electrons. The maximum atomic E-state index is 12.8. The van der Waals surface area contributed by atoms with Gasteiger partial charge in [-0.2, -0.15) is 0 Å². The fourth-order valence-corrected chi connectivity index (χ4v) is 1.94. The van der Waals surface area contributed by atoms with Gasteiger partial charge in [-0.3, -0.25) is 0 Å². The number of halogens is 1. The minimum Gasteiger partial charge on any atom is -0.375 e. The third-order valence-corrected chi connectivity index (χ3v) is 3.09. The molecule has 1 aromatic rings. The molecule has 0 bridgehead atoms. The van der Waals surface area contributed by atoms with Crippen molar-refractivity contribution < 1.29 is 4.39 Å². The zero-order chi connectivity index (χ0) is 14.3. The van der Waals surface area contributed by atoms with E-state index in [-0.39, 0.29) is 11.4 Å². The molecule has 0 spiro atoms. The van der Waals surface area contributed by atoms with E-state index in [0.29, 0.717) is 0 Å². The first-order valence-electron chi connectivity index (χ1n) is 7.10. The highest BCUT2D eigenvalue weighted by Crippen LogP contribution is 2.13. The molecule has 0 heterocycles. The number of hydrogen-bond acceptors (Lipinski definition) is 2. The highest BCUT2D eigenvalue weighted by molar-refractivity contribution is 5.45. The number of nitrogens with one attached hydrogen (secondary N) is 1. The summed E-state index contributed by atoms with van der Waals surface area (Å²) >= 11 is 0. The van der Waals surface area contributed by atoms with Gasteiger partial charge < -0.3 is 10.2 Å². The first-order chi connectivity index (χ1) is 8.88. The molecule has 0 fully saturated rings. The smallest absolute Gasteiger partial charge is 0.123 e. The second-order valence-electron chi connectivity index (χ2n) is 6.14. The molecule has 0 unspecified atom stereocenters. The molecule has 0 atom stereocenters. The molecule has 19 heavy (non-hydrogen) atoms. The Morgan fingerprint density at radius 2 is 1.68 bits per heavy atom. The van der Waals surface area contributed by atoms with Gasteiger partial charge in [-0.05, 0) is 64.4 Å². The van der Waals surface area contributed by atoms with Gasteiger partial charge in [0.15, 0.2) is 0 Å². The summed E-state index contributed by atoms with van der Waals surface area (Å²) in [6.45, 7) is 8.66. The third-order valence-electron chi connectivity index (χ3n) is 3.09. The maximum absolute atomic E-state index is 12.8. The van der Waals surface area contributed by atoms with Gasteiger partial charge in [0.05, 0.1) is 0 Å². The predicted octanol–water partition coefficient (Wildman–Crippen LogP) is 3.82. The Labute approximate surface area is 117 Å². The second-order valence-corrected chi connectivity index (χ2v) is 6.14. The van der Waals surface area contributed by atoms with E-state index in [1.54, 1.807) is 0 Å². The largest absolute Gasteiger partial charge is 0.375 e. The van der Waals surface area contributed by atoms with Crippen molar-refractivity contribution in [2.24, 2.45) is 0 Å². The highest BCUT2D eigenvalue weighted by Gasteiger charge is 2.07. The summed E-state index contributed by atoms with van der Waals surface area (Å²) in [5.41, 5.74) is 1.29. The average molecular weight is 266 g/mol. The summed E-state index contributed by atoms with van der Waals surface area (Å²) in [6.07, 6.45) is 3.59. The predicted molar refractivity (Wildman–Crippen MR) is 81.3 cm³/mol. The van der Waals surface area contributed by atoms with Crippen molar-refractivity contribution in [3.05, 3.63) is 30.1 Å². The van der Waals surface area contributed by atoms with Gasteiger partial charge >= 0.3 is 0 Å². The lowest BCUT2D eigenvalue weighted by atomic mass is 10.1. The van der Waals surface area contributed by atoms with Crippen LogP contribution < -0.4 is 10.2 Å². The minimum atomic E-state index is -0.176. The zero-order valence-electron chi connectivity index (χ0n) is 12.7. The van der Waals surface area contributed by atoms with Gasteiger partial charge in [-0.15, -0.1) is 0 Å². The van der Waals surface area contributed by atoms with Gasteiger partial charge in [0.1, 0.15) is 5.82 Å². The number of rotatable bonds is 7. The summed E-state index contributed by atoms with van der Waals surface area (Å²) < 4.78 is 12.8. The van der Waals surface area contributed by atoms with Gasteiger partial charge in [0, 0.05) is 24.8 Å². The van der Waals surface area contributed by atoms with Crippen molar-refractivity contribution >= 4 is 5.69 Å². The number of anilines is 1. The van der Waals surface area contributed by atoms with Gasteiger partial charge in [-0.25, -0.2) is 4.39 Å². The van der Waals surface area contributed by atoms with Gasteiger partial charge in [0.25, 0.3) is 0 Å². The Balaban J connectivity index is 2.14. The van der Waals surface area contributed by atoms with E-state index >= 15 is 0 Å². The lowest BCUT2D eigenvalue weighted by molar-refractivity contribution is 0.417. The zero-order valence-corrected chi connectivity index (χ0v) is 12.7. The normalized spacial score (nSPS) is 11.6. The highest BCUT2D eigenvalue weighted by atomic mass is 19.1. The Morgan fingerprint density at radius 1 is 1.05 bits per heavy atom. The molecule has 1 N–H and O–H groups in total. The molecule has 108 valence electrons. The maximum Gasteiger partial charge on any atom is 0.123 e. The second kappa shape index (κ2) is 7.49. The molecule has 1 rings (SSSR count). The first-order valence-corrected chi connectivity index (χ1v) is 7.10. The Morgan fingerprint density at radius 3 is 2.26 bits per heavy atom. The van der Waals surface area contributed by atoms with E-state index in [0.717, 1.165) is 18.8 Å². The Bertz CT molecular complexity index is 354. The molecule has 0 saturated carbocycles. The number of unbranched alkanes of at least 4 members (excludes halogenated alkanes) is 2. The fraction of sp³-hybridized carbons (Fsp3) is 0.625. The van der Waals surface area contributed by atoms with Crippen LogP contribution in [0, 0.1) is 5.82 Å². The summed E-state index contributed by atoms with van der Waals surface area (Å²) in [6, 6.07) is 6.69. The molecule has 0 aliphatic carbocycles. The van der Waals surface area contributed by atoms with Crippen LogP contribution in [-0.2, 0) is 0 Å². The SMILES string of the molecule is CN(CCCCCNC(C)(C)C)c1ccc(F)cc1. The molecule has 0 aromatic heterocycles. The summed E-state index contributed by atoms with van der Waals surface area (Å²) in [4.78, 5) is 2.18. The average Bonchev–Trinajstić information content (AvgIpc) is 2.33. The number of hydrogen-bond donors (Lipinski definition) is 1. The van der Waals surface area contributed by atoms with Crippen molar-refractivity contribution in [2.45, 2.75) is 45.6 Å². The van der Waals surface area contributed by atoms with Crippen molar-refractivity contribution in [3.63, 3.8) is 0 Å². The molecule has 2 nitrogen and oxygen atoms in total. The van der Waals surface area contributed by atoms with Gasteiger partial charge in [0.2, 0.25) is 0 Å². The third kappa shape index (κ3) is 7.16. The van der Waals surface area contributed by atoms with E-state index in [4.69, 9.17) is 0 Å². The molecule has 0 saturated heterocycles. The van der Waals surface area contributed by atoms with Crippen LogP contribution in [-0.4, -0.2) is 25.7 Å². The van der Waals surface area contributed by atoms with Crippen LogP contribution in [0.2, 0.25) is 0 Å². The fourth-order valence-electron chi connectivity index (χ4n) is 1.94. The molecular formula is C16H27FN2. The monoisotopic (exact) mass is 266 g/mol. The standard InChI is InChI=1S/C16H27FN2/c1-16(2,3)18-12-6-5-7-13-19(4)15-10-8-14(17)9-11-15/h8-11,18H,5-7,12-13H2,1-4H3. The van der Waals surface area contributed by atoms with E-state index in [1.807, 2.05) is 12.1 Å². The molecular weight excluding hydrogens is 239 g/mol. The van der Waals surface area contributed by atoms with Crippen molar-refractivity contribution in [2.75, 3.05) is 25.0 Å². The summed E-state index contributed by atoms with van der Waals surface area (Å²) in [5.74, 6) is -0.176. The van der Waals surface area contributed by atoms with Gasteiger partial charge in [-0.1, -0.05) is 6.42 Å². The minimum absolute atomic E-state index is 0.176. The van der Waals surface area contributed by atoms with E-state index in [2.05, 4.69) is 38.0 Å². The number of benzene rings is 1. The van der Waals surface area contributed by atoms with Crippen LogP contribution in [0.15, 0.2) is 24.3 Å². The first kappa shape index (κ1) is 16.0. The molecule has 0 aliphatic rings. The summed E-state index contributed by atoms with van der Waals surface area (Å²) in [7, 11) is 2.06. The summed E-state index contributed by atoms with van der Waals surface area (Å²) in [5, 5.41) is 3.49. The van der Waals surface area contributed by atoms with Crippen molar-refractivity contribution in [3.8, 4) is 0 Å². The molecule has 1 aromatic carbocycles. The lowest BCUT2D eigenvalue weighted by Gasteiger charge is -2.21. The van der Waals surface area contributed by atoms with Crippen LogP contribution in [0.4, 0.5) is 10.1 Å². The van der Waals surface area contributed by atoms with Crippen LogP contribution in [0.5, 0.6) is 0 Å². The number of nitrogens with zero attached hydrogens (tertiary/aromatic N) is 1. The van der Waals surface area contributed by atoms with Crippen LogP contribution in [0.3, 0.4) is 0 Å². The topological polar surface area (TPSA) is 15.3 Å². The Hall–Kier alpha value is -1.09. The van der Waals surface area contributed by atoms with E-state index < -0.39 is 0 Å². The van der Waals surface area contributed by atoms with Crippen LogP contribution >= 0.6 is 0 Å². The Kier molecular flexibility index (Phi) is 6.29.